The summed E-state index contributed by atoms with van der Waals surface area (Å²) < 4.78 is 15.6. The van der Waals surface area contributed by atoms with Gasteiger partial charge in [0.25, 0.3) is 0 Å². The predicted molar refractivity (Wildman–Crippen MR) is 115 cm³/mol. The first kappa shape index (κ1) is 20.5. The summed E-state index contributed by atoms with van der Waals surface area (Å²) in [6.45, 7) is 8.59. The molecular weight excluding hydrogens is 381 g/mol. The molecule has 1 saturated heterocycles. The Morgan fingerprint density at radius 2 is 2.17 bits per heavy atom. The van der Waals surface area contributed by atoms with Crippen molar-refractivity contribution in [3.05, 3.63) is 71.6 Å². The number of halogens is 1. The Morgan fingerprint density at radius 1 is 1.33 bits per heavy atom. The lowest BCUT2D eigenvalue weighted by Gasteiger charge is -2.37. The number of hydrogen-bond donors (Lipinski definition) is 2. The quantitative estimate of drug-likeness (QED) is 0.680. The van der Waals surface area contributed by atoms with Gasteiger partial charge in [-0.2, -0.15) is 0 Å². The van der Waals surface area contributed by atoms with Crippen LogP contribution in [-0.4, -0.2) is 45.9 Å². The van der Waals surface area contributed by atoms with Crippen molar-refractivity contribution in [2.45, 2.75) is 38.9 Å². The molecule has 0 radical (unpaired) electrons. The zero-order chi connectivity index (χ0) is 21.3. The molecule has 7 heteroatoms. The summed E-state index contributed by atoms with van der Waals surface area (Å²) in [5.74, 6) is 0.467. The van der Waals surface area contributed by atoms with Crippen LogP contribution in [-0.2, 0) is 16.9 Å². The summed E-state index contributed by atoms with van der Waals surface area (Å²) in [5, 5.41) is 6.49. The van der Waals surface area contributed by atoms with Crippen LogP contribution in [0.15, 0.2) is 48.8 Å². The van der Waals surface area contributed by atoms with E-state index in [1.54, 1.807) is 6.07 Å². The van der Waals surface area contributed by atoms with Crippen molar-refractivity contribution >= 4 is 11.4 Å². The number of hydrogen-bond acceptors (Lipinski definition) is 4. The number of nitrogens with zero attached hydrogens (tertiary/aromatic N) is 3. The molecule has 1 fully saturated rings. The average molecular weight is 410 g/mol. The maximum atomic E-state index is 13.6. The Morgan fingerprint density at radius 3 is 2.97 bits per heavy atom. The number of nitrogens with one attached hydrogen (secondary N) is 2. The van der Waals surface area contributed by atoms with Gasteiger partial charge in [-0.05, 0) is 50.1 Å². The van der Waals surface area contributed by atoms with Crippen LogP contribution in [0.4, 0.5) is 4.39 Å². The standard InChI is InChI=1S/C23H28FN5O/c1-16-6-5-10-29-19(16)14-26-22(29)23(2,3)27-21(30)20-13-25-9-11-28(20)15-17-7-4-8-18(24)12-17/h4-8,10,12,14,20,25H,9,11,13,15H2,1-3H3,(H,27,30)/t20-/m0/s1. The molecule has 3 heterocycles. The number of fused-ring (bicyclic) bond motifs is 1. The van der Waals surface area contributed by atoms with Crippen LogP contribution in [0.1, 0.15) is 30.8 Å². The Bertz CT molecular complexity index is 1060. The van der Waals surface area contributed by atoms with Gasteiger partial charge in [-0.25, -0.2) is 9.37 Å². The lowest BCUT2D eigenvalue weighted by molar-refractivity contribution is -0.129. The van der Waals surface area contributed by atoms with Crippen molar-refractivity contribution in [3.8, 4) is 0 Å². The van der Waals surface area contributed by atoms with Crippen molar-refractivity contribution in [3.63, 3.8) is 0 Å². The summed E-state index contributed by atoms with van der Waals surface area (Å²) in [6, 6.07) is 10.3. The van der Waals surface area contributed by atoms with Crippen LogP contribution in [0.2, 0.25) is 0 Å². The maximum Gasteiger partial charge on any atom is 0.239 e. The minimum Gasteiger partial charge on any atom is -0.343 e. The molecular formula is C23H28FN5O. The van der Waals surface area contributed by atoms with Gasteiger partial charge in [-0.15, -0.1) is 0 Å². The molecule has 1 aliphatic heterocycles. The zero-order valence-electron chi connectivity index (χ0n) is 17.7. The number of aryl methyl sites for hydroxylation is 1. The molecule has 0 unspecified atom stereocenters. The van der Waals surface area contributed by atoms with Gasteiger partial charge in [0, 0.05) is 32.4 Å². The Balaban J connectivity index is 1.53. The van der Waals surface area contributed by atoms with Gasteiger partial charge < -0.3 is 15.0 Å². The smallest absolute Gasteiger partial charge is 0.239 e. The van der Waals surface area contributed by atoms with Gasteiger partial charge in [0.05, 0.1) is 17.3 Å². The second-order valence-electron chi connectivity index (χ2n) is 8.46. The van der Waals surface area contributed by atoms with E-state index < -0.39 is 5.54 Å². The predicted octanol–water partition coefficient (Wildman–Crippen LogP) is 2.61. The lowest BCUT2D eigenvalue weighted by atomic mass is 10.0. The third kappa shape index (κ3) is 4.08. The van der Waals surface area contributed by atoms with E-state index in [9.17, 15) is 9.18 Å². The van der Waals surface area contributed by atoms with E-state index in [0.29, 0.717) is 13.1 Å². The molecule has 1 atom stereocenters. The van der Waals surface area contributed by atoms with Crippen molar-refractivity contribution in [1.29, 1.82) is 0 Å². The first-order valence-electron chi connectivity index (χ1n) is 10.3. The molecule has 0 spiro atoms. The van der Waals surface area contributed by atoms with Crippen LogP contribution >= 0.6 is 0 Å². The third-order valence-electron chi connectivity index (χ3n) is 5.71. The largest absolute Gasteiger partial charge is 0.343 e. The second-order valence-corrected chi connectivity index (χ2v) is 8.46. The highest BCUT2D eigenvalue weighted by Gasteiger charge is 2.34. The summed E-state index contributed by atoms with van der Waals surface area (Å²) >= 11 is 0. The normalized spacial score (nSPS) is 17.9. The molecule has 4 rings (SSSR count). The van der Waals surface area contributed by atoms with Crippen LogP contribution in [0.25, 0.3) is 5.52 Å². The molecule has 0 aliphatic carbocycles. The highest BCUT2D eigenvalue weighted by molar-refractivity contribution is 5.83. The lowest BCUT2D eigenvalue weighted by Crippen LogP contribution is -2.59. The minimum absolute atomic E-state index is 0.0620. The number of pyridine rings is 1. The highest BCUT2D eigenvalue weighted by Crippen LogP contribution is 2.23. The Kier molecular flexibility index (Phi) is 5.58. The number of piperazine rings is 1. The fraction of sp³-hybridized carbons (Fsp3) is 0.391. The molecule has 0 bridgehead atoms. The number of carbonyl (C=O) groups excluding carboxylic acids is 1. The fourth-order valence-electron chi connectivity index (χ4n) is 4.14. The van der Waals surface area contributed by atoms with Gasteiger partial charge in [0.15, 0.2) is 0 Å². The van der Waals surface area contributed by atoms with Crippen LogP contribution in [0, 0.1) is 12.7 Å². The second kappa shape index (κ2) is 8.16. The van der Waals surface area contributed by atoms with Crippen molar-refractivity contribution < 1.29 is 9.18 Å². The molecule has 6 nitrogen and oxygen atoms in total. The number of aromatic nitrogens is 2. The topological polar surface area (TPSA) is 61.7 Å². The number of carbonyl (C=O) groups is 1. The summed E-state index contributed by atoms with van der Waals surface area (Å²) in [6.07, 6.45) is 3.81. The number of rotatable bonds is 5. The third-order valence-corrected chi connectivity index (χ3v) is 5.71. The van der Waals surface area contributed by atoms with Gasteiger partial charge in [-0.3, -0.25) is 9.69 Å². The van der Waals surface area contributed by atoms with Gasteiger partial charge >= 0.3 is 0 Å². The monoisotopic (exact) mass is 409 g/mol. The van der Waals surface area contributed by atoms with E-state index in [4.69, 9.17) is 0 Å². The zero-order valence-corrected chi connectivity index (χ0v) is 17.7. The maximum absolute atomic E-state index is 13.6. The minimum atomic E-state index is -0.654. The molecule has 0 saturated carbocycles. The molecule has 3 aromatic rings. The first-order valence-corrected chi connectivity index (χ1v) is 10.3. The van der Waals surface area contributed by atoms with Gasteiger partial charge in [0.1, 0.15) is 17.7 Å². The number of benzene rings is 1. The molecule has 1 aromatic carbocycles. The summed E-state index contributed by atoms with van der Waals surface area (Å²) in [5.41, 5.74) is 2.38. The summed E-state index contributed by atoms with van der Waals surface area (Å²) in [7, 11) is 0. The first-order chi connectivity index (χ1) is 14.3. The summed E-state index contributed by atoms with van der Waals surface area (Å²) in [4.78, 5) is 20.0. The number of imidazole rings is 1. The van der Waals surface area contributed by atoms with E-state index in [0.717, 1.165) is 35.6 Å². The average Bonchev–Trinajstić information content (AvgIpc) is 3.15. The molecule has 2 N–H and O–H groups in total. The fourth-order valence-corrected chi connectivity index (χ4v) is 4.14. The highest BCUT2D eigenvalue weighted by atomic mass is 19.1. The molecule has 30 heavy (non-hydrogen) atoms. The molecule has 2 aromatic heterocycles. The molecule has 1 amide bonds. The van der Waals surface area contributed by atoms with Crippen LogP contribution in [0.3, 0.4) is 0 Å². The van der Waals surface area contributed by atoms with E-state index >= 15 is 0 Å². The Hall–Kier alpha value is -2.77. The number of amides is 1. The van der Waals surface area contributed by atoms with E-state index in [1.807, 2.05) is 55.8 Å². The van der Waals surface area contributed by atoms with E-state index in [-0.39, 0.29) is 17.8 Å². The molecule has 1 aliphatic rings. The van der Waals surface area contributed by atoms with Crippen LogP contribution in [0.5, 0.6) is 0 Å². The van der Waals surface area contributed by atoms with Gasteiger partial charge in [-0.1, -0.05) is 18.2 Å². The van der Waals surface area contributed by atoms with Crippen molar-refractivity contribution in [1.82, 2.24) is 24.9 Å². The van der Waals surface area contributed by atoms with Crippen molar-refractivity contribution in [2.75, 3.05) is 19.6 Å². The SMILES string of the molecule is Cc1cccn2c(C(C)(C)NC(=O)[C@@H]3CNCCN3Cc3cccc(F)c3)ncc12. The van der Waals surface area contributed by atoms with Crippen LogP contribution < -0.4 is 10.6 Å². The van der Waals surface area contributed by atoms with Crippen molar-refractivity contribution in [2.24, 2.45) is 0 Å². The molecule has 158 valence electrons. The van der Waals surface area contributed by atoms with E-state index in [2.05, 4.69) is 20.5 Å². The van der Waals surface area contributed by atoms with E-state index in [1.165, 1.54) is 12.1 Å². The Labute approximate surface area is 176 Å². The van der Waals surface area contributed by atoms with Gasteiger partial charge in [0.2, 0.25) is 5.91 Å².